The van der Waals surface area contributed by atoms with Crippen molar-refractivity contribution in [3.05, 3.63) is 192 Å². The van der Waals surface area contributed by atoms with Crippen molar-refractivity contribution in [2.75, 3.05) is 5.32 Å². The van der Waals surface area contributed by atoms with Gasteiger partial charge in [0.25, 0.3) is 0 Å². The molecule has 0 unspecified atom stereocenters. The minimum Gasteiger partial charge on any atom is -0.355 e. The molecule has 8 aromatic carbocycles. The normalized spacial score (nSPS) is 13.2. The Hall–Kier alpha value is -5.66. The van der Waals surface area contributed by atoms with Crippen molar-refractivity contribution in [1.82, 2.24) is 0 Å². The SMILES string of the molecule is c1ccc(C2(c3ccccc3Nc3ccc4c5ccccc5c5ccccc5c4c3)c3ccccc3-c3ccccc32)cc1. The van der Waals surface area contributed by atoms with Crippen LogP contribution in [0.1, 0.15) is 22.3 Å². The topological polar surface area (TPSA) is 12.0 Å². The molecule has 0 aromatic heterocycles. The van der Waals surface area contributed by atoms with E-state index in [1.807, 2.05) is 0 Å². The van der Waals surface area contributed by atoms with Crippen molar-refractivity contribution in [2.45, 2.75) is 5.41 Å². The van der Waals surface area contributed by atoms with Gasteiger partial charge in [0, 0.05) is 11.4 Å². The van der Waals surface area contributed by atoms with Gasteiger partial charge in [-0.2, -0.15) is 0 Å². The summed E-state index contributed by atoms with van der Waals surface area (Å²) in [5.74, 6) is 0. The number of nitrogens with one attached hydrogen (secondary N) is 1. The van der Waals surface area contributed by atoms with Gasteiger partial charge >= 0.3 is 0 Å². The van der Waals surface area contributed by atoms with Crippen LogP contribution in [0.4, 0.5) is 11.4 Å². The third kappa shape index (κ3) is 3.47. The molecule has 0 saturated heterocycles. The van der Waals surface area contributed by atoms with Crippen LogP contribution in [0.5, 0.6) is 0 Å². The fourth-order valence-electron chi connectivity index (χ4n) is 7.74. The summed E-state index contributed by atoms with van der Waals surface area (Å²) in [4.78, 5) is 0. The van der Waals surface area contributed by atoms with Crippen LogP contribution in [0, 0.1) is 0 Å². The fraction of sp³-hybridized carbons (Fsp3) is 0.0233. The molecular formula is C43H29N. The molecule has 0 aliphatic heterocycles. The Morgan fingerprint density at radius 2 is 0.795 bits per heavy atom. The number of benzene rings is 8. The third-order valence-corrected chi connectivity index (χ3v) is 9.51. The Labute approximate surface area is 257 Å². The van der Waals surface area contributed by atoms with Gasteiger partial charge in [0.1, 0.15) is 0 Å². The summed E-state index contributed by atoms with van der Waals surface area (Å²) in [5, 5.41) is 11.6. The van der Waals surface area contributed by atoms with Crippen LogP contribution in [-0.2, 0) is 5.41 Å². The molecule has 0 spiro atoms. The first kappa shape index (κ1) is 24.9. The zero-order valence-corrected chi connectivity index (χ0v) is 24.2. The minimum absolute atomic E-state index is 0.461. The zero-order chi connectivity index (χ0) is 29.1. The highest BCUT2D eigenvalue weighted by molar-refractivity contribution is 6.25. The molecule has 0 radical (unpaired) electrons. The van der Waals surface area contributed by atoms with Gasteiger partial charge in [-0.25, -0.2) is 0 Å². The Bertz CT molecular complexity index is 2290. The average molecular weight is 560 g/mol. The summed E-state index contributed by atoms with van der Waals surface area (Å²) in [6, 6.07) is 62.0. The van der Waals surface area contributed by atoms with Crippen molar-refractivity contribution in [1.29, 1.82) is 0 Å². The first-order chi connectivity index (χ1) is 21.8. The fourth-order valence-corrected chi connectivity index (χ4v) is 7.74. The number of rotatable bonds is 4. The van der Waals surface area contributed by atoms with Crippen molar-refractivity contribution in [2.24, 2.45) is 0 Å². The summed E-state index contributed by atoms with van der Waals surface area (Å²) >= 11 is 0. The smallest absolute Gasteiger partial charge is 0.0733 e. The van der Waals surface area contributed by atoms with Gasteiger partial charge in [0.15, 0.2) is 0 Å². The number of hydrogen-bond donors (Lipinski definition) is 1. The van der Waals surface area contributed by atoms with Gasteiger partial charge in [-0.05, 0) is 83.9 Å². The van der Waals surface area contributed by atoms with Crippen LogP contribution in [0.15, 0.2) is 170 Å². The molecule has 1 N–H and O–H groups in total. The highest BCUT2D eigenvalue weighted by Crippen LogP contribution is 2.57. The summed E-state index contributed by atoms with van der Waals surface area (Å²) in [7, 11) is 0. The molecular weight excluding hydrogens is 530 g/mol. The molecule has 1 heteroatoms. The van der Waals surface area contributed by atoms with Gasteiger partial charge in [-0.15, -0.1) is 0 Å². The molecule has 0 atom stereocenters. The molecule has 9 rings (SSSR count). The second kappa shape index (κ2) is 9.69. The zero-order valence-electron chi connectivity index (χ0n) is 24.2. The summed E-state index contributed by atoms with van der Waals surface area (Å²) in [6.45, 7) is 0. The standard InChI is InChI=1S/C43H29N/c1-2-14-29(15-3-1)43(39-22-10-8-20-36(39)37-21-9-11-23-40(37)43)41-24-12-13-25-42(41)44-30-26-27-35-33-18-5-4-16-31(33)32-17-6-7-19-34(32)38(35)28-30/h1-28,44H. The summed E-state index contributed by atoms with van der Waals surface area (Å²) in [5.41, 5.74) is 9.46. The van der Waals surface area contributed by atoms with E-state index in [4.69, 9.17) is 0 Å². The number of fused-ring (bicyclic) bond motifs is 9. The van der Waals surface area contributed by atoms with Crippen molar-refractivity contribution >= 4 is 43.7 Å². The van der Waals surface area contributed by atoms with Crippen LogP contribution in [-0.4, -0.2) is 0 Å². The predicted octanol–water partition coefficient (Wildman–Crippen LogP) is 11.3. The van der Waals surface area contributed by atoms with E-state index in [1.165, 1.54) is 65.7 Å². The molecule has 44 heavy (non-hydrogen) atoms. The van der Waals surface area contributed by atoms with Gasteiger partial charge in [-0.3, -0.25) is 0 Å². The van der Waals surface area contributed by atoms with Crippen LogP contribution in [0.3, 0.4) is 0 Å². The van der Waals surface area contributed by atoms with Crippen LogP contribution in [0.25, 0.3) is 43.4 Å². The number of anilines is 2. The van der Waals surface area contributed by atoms with E-state index in [0.717, 1.165) is 11.4 Å². The second-order valence-electron chi connectivity index (χ2n) is 11.7. The molecule has 0 saturated carbocycles. The van der Waals surface area contributed by atoms with E-state index < -0.39 is 5.41 Å². The maximum Gasteiger partial charge on any atom is 0.0733 e. The molecule has 0 bridgehead atoms. The first-order valence-corrected chi connectivity index (χ1v) is 15.3. The van der Waals surface area contributed by atoms with Crippen LogP contribution < -0.4 is 5.32 Å². The molecule has 1 aliphatic carbocycles. The van der Waals surface area contributed by atoms with Gasteiger partial charge in [0.05, 0.1) is 5.41 Å². The summed E-state index contributed by atoms with van der Waals surface area (Å²) in [6.07, 6.45) is 0. The lowest BCUT2D eigenvalue weighted by molar-refractivity contribution is 0.771. The highest BCUT2D eigenvalue weighted by atomic mass is 14.9. The average Bonchev–Trinajstić information content (AvgIpc) is 3.40. The predicted molar refractivity (Wildman–Crippen MR) is 186 cm³/mol. The van der Waals surface area contributed by atoms with Gasteiger partial charge in [0.2, 0.25) is 0 Å². The molecule has 0 fully saturated rings. The Morgan fingerprint density at radius 1 is 0.341 bits per heavy atom. The van der Waals surface area contributed by atoms with Gasteiger partial charge < -0.3 is 5.32 Å². The number of para-hydroxylation sites is 1. The van der Waals surface area contributed by atoms with Crippen molar-refractivity contribution in [3.63, 3.8) is 0 Å². The molecule has 1 nitrogen and oxygen atoms in total. The van der Waals surface area contributed by atoms with E-state index in [1.54, 1.807) is 0 Å². The van der Waals surface area contributed by atoms with Gasteiger partial charge in [-0.1, -0.05) is 152 Å². The highest BCUT2D eigenvalue weighted by Gasteiger charge is 2.46. The lowest BCUT2D eigenvalue weighted by atomic mass is 9.67. The lowest BCUT2D eigenvalue weighted by Crippen LogP contribution is -2.29. The Balaban J connectivity index is 1.29. The van der Waals surface area contributed by atoms with E-state index in [9.17, 15) is 0 Å². The monoisotopic (exact) mass is 559 g/mol. The van der Waals surface area contributed by atoms with E-state index in [0.29, 0.717) is 0 Å². The van der Waals surface area contributed by atoms with Crippen LogP contribution >= 0.6 is 0 Å². The van der Waals surface area contributed by atoms with E-state index >= 15 is 0 Å². The number of hydrogen-bond acceptors (Lipinski definition) is 1. The molecule has 0 heterocycles. The third-order valence-electron chi connectivity index (χ3n) is 9.51. The van der Waals surface area contributed by atoms with Crippen LogP contribution in [0.2, 0.25) is 0 Å². The molecule has 206 valence electrons. The minimum atomic E-state index is -0.461. The van der Waals surface area contributed by atoms with Crippen molar-refractivity contribution in [3.8, 4) is 11.1 Å². The van der Waals surface area contributed by atoms with Crippen molar-refractivity contribution < 1.29 is 0 Å². The second-order valence-corrected chi connectivity index (χ2v) is 11.7. The van der Waals surface area contributed by atoms with E-state index in [-0.39, 0.29) is 0 Å². The molecule has 1 aliphatic rings. The summed E-state index contributed by atoms with van der Waals surface area (Å²) < 4.78 is 0. The Morgan fingerprint density at radius 3 is 1.41 bits per heavy atom. The molecule has 0 amide bonds. The maximum atomic E-state index is 3.91. The lowest BCUT2D eigenvalue weighted by Gasteiger charge is -2.35. The largest absolute Gasteiger partial charge is 0.355 e. The maximum absolute atomic E-state index is 3.91. The quantitative estimate of drug-likeness (QED) is 0.212. The molecule has 8 aromatic rings. The Kier molecular flexibility index (Phi) is 5.48. The first-order valence-electron chi connectivity index (χ1n) is 15.3. The van der Waals surface area contributed by atoms with E-state index in [2.05, 4.69) is 175 Å².